The molecule has 0 aliphatic rings. The molecule has 13 heavy (non-hydrogen) atoms. The molecule has 0 amide bonds. The van der Waals surface area contributed by atoms with E-state index in [2.05, 4.69) is 25.4 Å². The van der Waals surface area contributed by atoms with Gasteiger partial charge in [-0.3, -0.25) is 0 Å². The largest absolute Gasteiger partial charge is 0.385 e. The molecular formula is C10H23NOS. The molecule has 0 fully saturated rings. The van der Waals surface area contributed by atoms with E-state index in [0.717, 1.165) is 25.5 Å². The Hall–Kier alpha value is 0.270. The zero-order chi connectivity index (χ0) is 10.1. The lowest BCUT2D eigenvalue weighted by Crippen LogP contribution is -2.31. The first-order chi connectivity index (χ1) is 6.20. The smallest absolute Gasteiger partial charge is 0.0476 e. The molecule has 0 spiro atoms. The summed E-state index contributed by atoms with van der Waals surface area (Å²) in [6, 6.07) is 0.573. The topological polar surface area (TPSA) is 21.3 Å². The van der Waals surface area contributed by atoms with E-state index in [9.17, 15) is 0 Å². The summed E-state index contributed by atoms with van der Waals surface area (Å²) in [6.45, 7) is 6.47. The molecule has 0 aliphatic carbocycles. The normalized spacial score (nSPS) is 15.7. The van der Waals surface area contributed by atoms with Crippen LogP contribution in [-0.2, 0) is 4.74 Å². The molecule has 1 N–H and O–H groups in total. The molecule has 0 radical (unpaired) electrons. The SMILES string of the molecule is COCCC(C)NCC(C)CSC. The highest BCUT2D eigenvalue weighted by molar-refractivity contribution is 7.98. The van der Waals surface area contributed by atoms with Gasteiger partial charge in [-0.05, 0) is 37.8 Å². The molecule has 0 heterocycles. The standard InChI is InChI=1S/C10H23NOS/c1-9(8-13-4)7-11-10(2)5-6-12-3/h9-11H,5-8H2,1-4H3. The van der Waals surface area contributed by atoms with Crippen LogP contribution in [0.15, 0.2) is 0 Å². The van der Waals surface area contributed by atoms with Gasteiger partial charge >= 0.3 is 0 Å². The van der Waals surface area contributed by atoms with Crippen molar-refractivity contribution in [2.75, 3.05) is 32.3 Å². The highest BCUT2D eigenvalue weighted by Crippen LogP contribution is 2.03. The van der Waals surface area contributed by atoms with Gasteiger partial charge in [-0.25, -0.2) is 0 Å². The van der Waals surface area contributed by atoms with Crippen molar-refractivity contribution < 1.29 is 4.74 Å². The van der Waals surface area contributed by atoms with Crippen molar-refractivity contribution in [2.24, 2.45) is 5.92 Å². The highest BCUT2D eigenvalue weighted by Gasteiger charge is 2.04. The zero-order valence-corrected chi connectivity index (χ0v) is 10.1. The van der Waals surface area contributed by atoms with Gasteiger partial charge in [0.1, 0.15) is 0 Å². The molecule has 80 valence electrons. The summed E-state index contributed by atoms with van der Waals surface area (Å²) >= 11 is 1.91. The summed E-state index contributed by atoms with van der Waals surface area (Å²) < 4.78 is 5.02. The maximum Gasteiger partial charge on any atom is 0.0476 e. The van der Waals surface area contributed by atoms with E-state index < -0.39 is 0 Å². The van der Waals surface area contributed by atoms with E-state index in [4.69, 9.17) is 4.74 Å². The number of hydrogen-bond donors (Lipinski definition) is 1. The molecule has 0 bridgehead atoms. The highest BCUT2D eigenvalue weighted by atomic mass is 32.2. The molecule has 0 rings (SSSR count). The summed E-state index contributed by atoms with van der Waals surface area (Å²) in [5.41, 5.74) is 0. The number of rotatable bonds is 8. The van der Waals surface area contributed by atoms with Gasteiger partial charge in [0.2, 0.25) is 0 Å². The second-order valence-corrected chi connectivity index (χ2v) is 4.56. The van der Waals surface area contributed by atoms with Gasteiger partial charge in [0, 0.05) is 19.8 Å². The van der Waals surface area contributed by atoms with Crippen molar-refractivity contribution in [3.05, 3.63) is 0 Å². The number of nitrogens with one attached hydrogen (secondary N) is 1. The van der Waals surface area contributed by atoms with Crippen LogP contribution in [0.1, 0.15) is 20.3 Å². The van der Waals surface area contributed by atoms with Crippen LogP contribution in [0.3, 0.4) is 0 Å². The molecule has 2 nitrogen and oxygen atoms in total. The Labute approximate surface area is 86.8 Å². The fraction of sp³-hybridized carbons (Fsp3) is 1.00. The van der Waals surface area contributed by atoms with E-state index in [0.29, 0.717) is 6.04 Å². The Morgan fingerprint density at radius 3 is 2.62 bits per heavy atom. The van der Waals surface area contributed by atoms with E-state index >= 15 is 0 Å². The Morgan fingerprint density at radius 2 is 2.08 bits per heavy atom. The predicted molar refractivity (Wildman–Crippen MR) is 61.5 cm³/mol. The van der Waals surface area contributed by atoms with Crippen molar-refractivity contribution in [1.29, 1.82) is 0 Å². The second-order valence-electron chi connectivity index (χ2n) is 3.65. The predicted octanol–water partition coefficient (Wildman–Crippen LogP) is 2.00. The minimum absolute atomic E-state index is 0.573. The Morgan fingerprint density at radius 1 is 1.38 bits per heavy atom. The summed E-state index contributed by atoms with van der Waals surface area (Å²) in [7, 11) is 1.75. The third-order valence-electron chi connectivity index (χ3n) is 2.02. The fourth-order valence-corrected chi connectivity index (χ4v) is 1.83. The maximum absolute atomic E-state index is 5.02. The van der Waals surface area contributed by atoms with Crippen molar-refractivity contribution in [2.45, 2.75) is 26.3 Å². The van der Waals surface area contributed by atoms with Gasteiger partial charge in [0.15, 0.2) is 0 Å². The molecule has 0 saturated carbocycles. The number of ether oxygens (including phenoxy) is 1. The Bertz CT molecular complexity index is 111. The summed E-state index contributed by atoms with van der Waals surface area (Å²) in [6.07, 6.45) is 3.26. The first-order valence-electron chi connectivity index (χ1n) is 4.92. The molecule has 2 unspecified atom stereocenters. The van der Waals surface area contributed by atoms with Gasteiger partial charge < -0.3 is 10.1 Å². The molecule has 0 aromatic heterocycles. The number of methoxy groups -OCH3 is 1. The van der Waals surface area contributed by atoms with Crippen molar-refractivity contribution >= 4 is 11.8 Å². The molecular weight excluding hydrogens is 182 g/mol. The molecule has 2 atom stereocenters. The van der Waals surface area contributed by atoms with Crippen LogP contribution in [-0.4, -0.2) is 38.3 Å². The van der Waals surface area contributed by atoms with Crippen LogP contribution >= 0.6 is 11.8 Å². The van der Waals surface area contributed by atoms with Crippen molar-refractivity contribution in [3.8, 4) is 0 Å². The first kappa shape index (κ1) is 13.3. The van der Waals surface area contributed by atoms with Gasteiger partial charge in [0.25, 0.3) is 0 Å². The molecule has 0 aromatic carbocycles. The Kier molecular flexibility index (Phi) is 9.03. The third-order valence-corrected chi connectivity index (χ3v) is 2.92. The third kappa shape index (κ3) is 8.60. The minimum Gasteiger partial charge on any atom is -0.385 e. The average molecular weight is 205 g/mol. The van der Waals surface area contributed by atoms with E-state index in [1.807, 2.05) is 11.8 Å². The van der Waals surface area contributed by atoms with E-state index in [1.165, 1.54) is 5.75 Å². The van der Waals surface area contributed by atoms with Gasteiger partial charge in [-0.1, -0.05) is 6.92 Å². The lowest BCUT2D eigenvalue weighted by Gasteiger charge is -2.16. The molecule has 0 saturated heterocycles. The van der Waals surface area contributed by atoms with Crippen LogP contribution in [0.25, 0.3) is 0 Å². The fourth-order valence-electron chi connectivity index (χ4n) is 1.14. The van der Waals surface area contributed by atoms with Crippen molar-refractivity contribution in [1.82, 2.24) is 5.32 Å². The summed E-state index contributed by atoms with van der Waals surface area (Å²) in [5.74, 6) is 2.00. The lowest BCUT2D eigenvalue weighted by atomic mass is 10.2. The van der Waals surface area contributed by atoms with Gasteiger partial charge in [0.05, 0.1) is 0 Å². The Balaban J connectivity index is 3.29. The van der Waals surface area contributed by atoms with E-state index in [-0.39, 0.29) is 0 Å². The number of hydrogen-bond acceptors (Lipinski definition) is 3. The molecule has 0 aromatic rings. The van der Waals surface area contributed by atoms with Crippen LogP contribution in [0, 0.1) is 5.92 Å². The quantitative estimate of drug-likeness (QED) is 0.655. The van der Waals surface area contributed by atoms with Crippen LogP contribution in [0.2, 0.25) is 0 Å². The van der Waals surface area contributed by atoms with Crippen LogP contribution in [0.5, 0.6) is 0 Å². The van der Waals surface area contributed by atoms with Gasteiger partial charge in [-0.15, -0.1) is 0 Å². The molecule has 3 heteroatoms. The second kappa shape index (κ2) is 8.85. The van der Waals surface area contributed by atoms with Crippen LogP contribution < -0.4 is 5.32 Å². The zero-order valence-electron chi connectivity index (χ0n) is 9.30. The van der Waals surface area contributed by atoms with E-state index in [1.54, 1.807) is 7.11 Å². The first-order valence-corrected chi connectivity index (χ1v) is 6.31. The maximum atomic E-state index is 5.02. The summed E-state index contributed by atoms with van der Waals surface area (Å²) in [5, 5.41) is 3.51. The minimum atomic E-state index is 0.573. The van der Waals surface area contributed by atoms with Gasteiger partial charge in [-0.2, -0.15) is 11.8 Å². The monoisotopic (exact) mass is 205 g/mol. The average Bonchev–Trinajstić information content (AvgIpc) is 2.12. The van der Waals surface area contributed by atoms with Crippen LogP contribution in [0.4, 0.5) is 0 Å². The lowest BCUT2D eigenvalue weighted by molar-refractivity contribution is 0.184. The summed E-state index contributed by atoms with van der Waals surface area (Å²) in [4.78, 5) is 0. The molecule has 0 aliphatic heterocycles. The number of thioether (sulfide) groups is 1. The van der Waals surface area contributed by atoms with Crippen molar-refractivity contribution in [3.63, 3.8) is 0 Å².